The molecule has 1 aromatic heterocycles. The van der Waals surface area contributed by atoms with Crippen molar-refractivity contribution in [1.29, 1.82) is 0 Å². The molecule has 0 saturated heterocycles. The third-order valence-corrected chi connectivity index (χ3v) is 4.74. The first-order valence-corrected chi connectivity index (χ1v) is 8.19. The van der Waals surface area contributed by atoms with Crippen LogP contribution in [0, 0.1) is 5.82 Å². The zero-order valence-electron chi connectivity index (χ0n) is 13.1. The maximum absolute atomic E-state index is 13.9. The van der Waals surface area contributed by atoms with E-state index in [1.807, 2.05) is 0 Å². The van der Waals surface area contributed by atoms with Crippen molar-refractivity contribution in [3.8, 4) is 5.75 Å². The maximum Gasteiger partial charge on any atom is 0.165 e. The molecule has 1 atom stereocenters. The van der Waals surface area contributed by atoms with Gasteiger partial charge in [0.2, 0.25) is 0 Å². The quantitative estimate of drug-likeness (QED) is 0.692. The van der Waals surface area contributed by atoms with E-state index < -0.39 is 5.82 Å². The fraction of sp³-hybridized carbons (Fsp3) is 0.211. The second-order valence-corrected chi connectivity index (χ2v) is 6.37. The average molecular weight is 343 g/mol. The Kier molecular flexibility index (Phi) is 3.77. The number of nitrogens with one attached hydrogen (secondary N) is 1. The molecular formula is C19H16ClFN2O. The first kappa shape index (κ1) is 15.2. The Hall–Kier alpha value is -2.33. The van der Waals surface area contributed by atoms with E-state index in [-0.39, 0.29) is 5.75 Å². The number of aromatic nitrogens is 1. The van der Waals surface area contributed by atoms with Crippen LogP contribution in [-0.4, -0.2) is 18.6 Å². The van der Waals surface area contributed by atoms with Gasteiger partial charge >= 0.3 is 0 Å². The molecule has 122 valence electrons. The summed E-state index contributed by atoms with van der Waals surface area (Å²) in [4.78, 5) is 4.37. The van der Waals surface area contributed by atoms with E-state index in [1.165, 1.54) is 24.3 Å². The van der Waals surface area contributed by atoms with Crippen molar-refractivity contribution in [3.63, 3.8) is 0 Å². The highest BCUT2D eigenvalue weighted by atomic mass is 35.5. The van der Waals surface area contributed by atoms with E-state index in [0.29, 0.717) is 22.3 Å². The van der Waals surface area contributed by atoms with Crippen molar-refractivity contribution in [2.45, 2.75) is 12.3 Å². The third-order valence-electron chi connectivity index (χ3n) is 4.55. The molecule has 1 N–H and O–H groups in total. The molecule has 0 amide bonds. The summed E-state index contributed by atoms with van der Waals surface area (Å²) in [5.74, 6) is 0.898. The van der Waals surface area contributed by atoms with E-state index in [1.54, 1.807) is 12.1 Å². The highest BCUT2D eigenvalue weighted by Crippen LogP contribution is 2.36. The summed E-state index contributed by atoms with van der Waals surface area (Å²) in [7, 11) is 1.45. The second kappa shape index (κ2) is 5.95. The first-order valence-electron chi connectivity index (χ1n) is 7.81. The van der Waals surface area contributed by atoms with E-state index >= 15 is 0 Å². The molecule has 1 aliphatic carbocycles. The number of ether oxygens (including phenoxy) is 1. The second-order valence-electron chi connectivity index (χ2n) is 5.98. The summed E-state index contributed by atoms with van der Waals surface area (Å²) in [5, 5.41) is 5.20. The maximum atomic E-state index is 13.9. The monoisotopic (exact) mass is 342 g/mol. The van der Waals surface area contributed by atoms with Gasteiger partial charge in [-0.1, -0.05) is 35.9 Å². The highest BCUT2D eigenvalue weighted by molar-refractivity contribution is 6.30. The molecule has 1 unspecified atom stereocenters. The molecule has 24 heavy (non-hydrogen) atoms. The molecule has 1 heterocycles. The molecule has 3 nitrogen and oxygen atoms in total. The standard InChI is InChI=1S/C19H16ClFN2O/c1-24-17-9-15-12(7-16(17)21)8-18(20)23-19(15)22-10-13-6-11-4-2-3-5-14(11)13/h2-5,7-9,13H,6,10H2,1H3,(H,22,23). The summed E-state index contributed by atoms with van der Waals surface area (Å²) in [5.41, 5.74) is 2.77. The SMILES string of the molecule is COc1cc2c(NCC3Cc4ccccc43)nc(Cl)cc2cc1F. The predicted octanol–water partition coefficient (Wildman–Crippen LogP) is 4.79. The molecule has 2 aromatic carbocycles. The highest BCUT2D eigenvalue weighted by Gasteiger charge is 2.25. The van der Waals surface area contributed by atoms with Gasteiger partial charge in [-0.05, 0) is 41.1 Å². The van der Waals surface area contributed by atoms with Crippen molar-refractivity contribution in [2.75, 3.05) is 19.0 Å². The molecule has 5 heteroatoms. The van der Waals surface area contributed by atoms with Crippen LogP contribution in [0.5, 0.6) is 5.75 Å². The summed E-state index contributed by atoms with van der Waals surface area (Å²) < 4.78 is 19.0. The molecular weight excluding hydrogens is 327 g/mol. The van der Waals surface area contributed by atoms with Crippen molar-refractivity contribution >= 4 is 28.2 Å². The molecule has 3 aromatic rings. The van der Waals surface area contributed by atoms with Crippen molar-refractivity contribution in [1.82, 2.24) is 4.98 Å². The smallest absolute Gasteiger partial charge is 0.165 e. The number of rotatable bonds is 4. The van der Waals surface area contributed by atoms with Gasteiger partial charge in [0.05, 0.1) is 7.11 Å². The lowest BCUT2D eigenvalue weighted by molar-refractivity contribution is 0.387. The van der Waals surface area contributed by atoms with Gasteiger partial charge in [-0.2, -0.15) is 0 Å². The molecule has 1 aliphatic rings. The number of halogens is 2. The van der Waals surface area contributed by atoms with Crippen LogP contribution in [0.1, 0.15) is 17.0 Å². The fourth-order valence-corrected chi connectivity index (χ4v) is 3.48. The molecule has 0 bridgehead atoms. The van der Waals surface area contributed by atoms with E-state index in [9.17, 15) is 4.39 Å². The van der Waals surface area contributed by atoms with Crippen LogP contribution in [-0.2, 0) is 6.42 Å². The van der Waals surface area contributed by atoms with Crippen LogP contribution in [0.2, 0.25) is 5.15 Å². The summed E-state index contributed by atoms with van der Waals surface area (Å²) >= 11 is 6.09. The predicted molar refractivity (Wildman–Crippen MR) is 94.6 cm³/mol. The number of hydrogen-bond donors (Lipinski definition) is 1. The molecule has 0 saturated carbocycles. The Morgan fingerprint density at radius 2 is 2.12 bits per heavy atom. The van der Waals surface area contributed by atoms with Crippen LogP contribution >= 0.6 is 11.6 Å². The molecule has 0 radical (unpaired) electrons. The zero-order valence-corrected chi connectivity index (χ0v) is 13.9. The van der Waals surface area contributed by atoms with Crippen LogP contribution in [0.3, 0.4) is 0 Å². The van der Waals surface area contributed by atoms with Crippen LogP contribution in [0.15, 0.2) is 42.5 Å². The number of benzene rings is 2. The lowest BCUT2D eigenvalue weighted by Crippen LogP contribution is -2.24. The minimum atomic E-state index is -0.411. The molecule has 0 aliphatic heterocycles. The van der Waals surface area contributed by atoms with E-state index in [0.717, 1.165) is 18.4 Å². The normalized spacial score (nSPS) is 15.7. The van der Waals surface area contributed by atoms with Gasteiger partial charge in [0, 0.05) is 17.8 Å². The number of nitrogens with zero attached hydrogens (tertiary/aromatic N) is 1. The first-order chi connectivity index (χ1) is 11.7. The van der Waals surface area contributed by atoms with Crippen molar-refractivity contribution in [2.24, 2.45) is 0 Å². The summed E-state index contributed by atoms with van der Waals surface area (Å²) in [6.07, 6.45) is 1.06. The molecule has 4 rings (SSSR count). The van der Waals surface area contributed by atoms with Gasteiger partial charge in [-0.15, -0.1) is 0 Å². The van der Waals surface area contributed by atoms with Gasteiger partial charge in [0.15, 0.2) is 11.6 Å². The van der Waals surface area contributed by atoms with Crippen LogP contribution in [0.25, 0.3) is 10.8 Å². The number of pyridine rings is 1. The number of anilines is 1. The van der Waals surface area contributed by atoms with Crippen LogP contribution in [0.4, 0.5) is 10.2 Å². The van der Waals surface area contributed by atoms with Gasteiger partial charge in [0.25, 0.3) is 0 Å². The Morgan fingerprint density at radius 3 is 2.92 bits per heavy atom. The van der Waals surface area contributed by atoms with E-state index in [2.05, 4.69) is 34.6 Å². The largest absolute Gasteiger partial charge is 0.494 e. The third kappa shape index (κ3) is 2.57. The van der Waals surface area contributed by atoms with Gasteiger partial charge in [-0.25, -0.2) is 9.37 Å². The number of fused-ring (bicyclic) bond motifs is 2. The zero-order chi connectivity index (χ0) is 16.7. The van der Waals surface area contributed by atoms with Gasteiger partial charge in [0.1, 0.15) is 11.0 Å². The van der Waals surface area contributed by atoms with Crippen molar-refractivity contribution in [3.05, 3.63) is 64.6 Å². The lowest BCUT2D eigenvalue weighted by atomic mass is 9.77. The van der Waals surface area contributed by atoms with Crippen molar-refractivity contribution < 1.29 is 9.13 Å². The Morgan fingerprint density at radius 1 is 1.29 bits per heavy atom. The fourth-order valence-electron chi connectivity index (χ4n) is 3.28. The Labute approximate surface area is 144 Å². The van der Waals surface area contributed by atoms with Gasteiger partial charge in [-0.3, -0.25) is 0 Å². The average Bonchev–Trinajstić information content (AvgIpc) is 2.54. The molecule has 0 fully saturated rings. The van der Waals surface area contributed by atoms with Gasteiger partial charge < -0.3 is 10.1 Å². The molecule has 0 spiro atoms. The summed E-state index contributed by atoms with van der Waals surface area (Å²) in [6, 6.07) is 13.2. The Bertz CT molecular complexity index is 929. The summed E-state index contributed by atoms with van der Waals surface area (Å²) in [6.45, 7) is 0.763. The topological polar surface area (TPSA) is 34.1 Å². The Balaban J connectivity index is 1.64. The number of hydrogen-bond acceptors (Lipinski definition) is 3. The number of methoxy groups -OCH3 is 1. The van der Waals surface area contributed by atoms with E-state index in [4.69, 9.17) is 16.3 Å². The minimum absolute atomic E-state index is 0.198. The van der Waals surface area contributed by atoms with Crippen LogP contribution < -0.4 is 10.1 Å². The lowest BCUT2D eigenvalue weighted by Gasteiger charge is -2.30. The minimum Gasteiger partial charge on any atom is -0.494 e.